The summed E-state index contributed by atoms with van der Waals surface area (Å²) < 4.78 is 12.6. The number of rotatable bonds is 3. The van der Waals surface area contributed by atoms with Crippen molar-refractivity contribution in [2.75, 3.05) is 0 Å². The molecule has 1 aromatic carbocycles. The quantitative estimate of drug-likeness (QED) is 0.746. The zero-order chi connectivity index (χ0) is 10.7. The molecule has 2 rings (SSSR count). The van der Waals surface area contributed by atoms with Crippen LogP contribution in [0.15, 0.2) is 45.7 Å². The summed E-state index contributed by atoms with van der Waals surface area (Å²) in [6.07, 6.45) is 1.68. The molecule has 0 amide bonds. The van der Waals surface area contributed by atoms with Crippen molar-refractivity contribution >= 4 is 38.5 Å². The highest BCUT2D eigenvalue weighted by Crippen LogP contribution is 2.18. The Labute approximate surface area is 110 Å². The molecule has 78 valence electrons. The number of hydrogen-bond donors (Lipinski definition) is 0. The molecule has 0 aliphatic heterocycles. The smallest absolute Gasteiger partial charge is 0.169 e. The Morgan fingerprint density at radius 1 is 1.33 bits per heavy atom. The molecule has 0 atom stereocenters. The molecule has 0 unspecified atom stereocenters. The monoisotopic (exact) mass is 378 g/mol. The molecule has 2 aromatic rings. The van der Waals surface area contributed by atoms with E-state index in [-0.39, 0.29) is 0 Å². The zero-order valence-corrected chi connectivity index (χ0v) is 11.5. The maximum absolute atomic E-state index is 5.60. The lowest BCUT2D eigenvalue weighted by molar-refractivity contribution is 0.304. The first-order chi connectivity index (χ1) is 7.24. The molecule has 0 bridgehead atoms. The van der Waals surface area contributed by atoms with Gasteiger partial charge in [0, 0.05) is 9.13 Å². The summed E-state index contributed by atoms with van der Waals surface area (Å²) in [5.74, 6) is 0.874. The standard InChI is InChI=1S/C11H8BrIO2/c12-11-4-8(7-15-11)6-14-10-3-1-2-9(13)5-10/h1-5,7H,6H2. The van der Waals surface area contributed by atoms with E-state index in [2.05, 4.69) is 38.5 Å². The minimum absolute atomic E-state index is 0.523. The van der Waals surface area contributed by atoms with Gasteiger partial charge in [-0.25, -0.2) is 0 Å². The number of benzene rings is 1. The Kier molecular flexibility index (Phi) is 3.69. The first-order valence-corrected chi connectivity index (χ1v) is 6.22. The molecule has 0 fully saturated rings. The molecule has 1 heterocycles. The largest absolute Gasteiger partial charge is 0.489 e. The molecular weight excluding hydrogens is 371 g/mol. The molecule has 15 heavy (non-hydrogen) atoms. The van der Waals surface area contributed by atoms with Crippen LogP contribution < -0.4 is 4.74 Å². The summed E-state index contributed by atoms with van der Waals surface area (Å²) in [7, 11) is 0. The molecule has 0 spiro atoms. The lowest BCUT2D eigenvalue weighted by atomic mass is 10.3. The van der Waals surface area contributed by atoms with E-state index in [0.717, 1.165) is 16.0 Å². The van der Waals surface area contributed by atoms with E-state index < -0.39 is 0 Å². The van der Waals surface area contributed by atoms with Crippen LogP contribution in [0.3, 0.4) is 0 Å². The van der Waals surface area contributed by atoms with Crippen molar-refractivity contribution in [3.63, 3.8) is 0 Å². The summed E-state index contributed by atoms with van der Waals surface area (Å²) in [5.41, 5.74) is 1.01. The highest BCUT2D eigenvalue weighted by molar-refractivity contribution is 14.1. The van der Waals surface area contributed by atoms with Crippen LogP contribution >= 0.6 is 38.5 Å². The van der Waals surface area contributed by atoms with E-state index in [1.54, 1.807) is 6.26 Å². The van der Waals surface area contributed by atoms with Crippen LogP contribution in [0, 0.1) is 3.57 Å². The lowest BCUT2D eigenvalue weighted by Gasteiger charge is -2.03. The highest BCUT2D eigenvalue weighted by Gasteiger charge is 2.00. The van der Waals surface area contributed by atoms with E-state index in [9.17, 15) is 0 Å². The molecule has 0 radical (unpaired) electrons. The zero-order valence-electron chi connectivity index (χ0n) is 7.74. The van der Waals surface area contributed by atoms with E-state index in [0.29, 0.717) is 6.61 Å². The second-order valence-corrected chi connectivity index (χ2v) is 5.03. The molecule has 0 N–H and O–H groups in total. The maximum atomic E-state index is 5.60. The third-order valence-corrected chi connectivity index (χ3v) is 2.91. The summed E-state index contributed by atoms with van der Waals surface area (Å²) >= 11 is 5.50. The van der Waals surface area contributed by atoms with Crippen LogP contribution in [0.2, 0.25) is 0 Å². The van der Waals surface area contributed by atoms with Gasteiger partial charge in [-0.3, -0.25) is 0 Å². The Hall–Kier alpha value is -0.490. The lowest BCUT2D eigenvalue weighted by Crippen LogP contribution is -1.93. The fraction of sp³-hybridized carbons (Fsp3) is 0.0909. The average Bonchev–Trinajstić information content (AvgIpc) is 2.62. The third kappa shape index (κ3) is 3.24. The molecular formula is C11H8BrIO2. The molecule has 0 saturated carbocycles. The van der Waals surface area contributed by atoms with Crippen LogP contribution in [-0.2, 0) is 6.61 Å². The topological polar surface area (TPSA) is 22.4 Å². The highest BCUT2D eigenvalue weighted by atomic mass is 127. The summed E-state index contributed by atoms with van der Waals surface area (Å²) in [6, 6.07) is 9.84. The SMILES string of the molecule is Brc1cc(COc2cccc(I)c2)co1. The number of hydrogen-bond acceptors (Lipinski definition) is 2. The molecule has 1 aromatic heterocycles. The predicted molar refractivity (Wildman–Crippen MR) is 69.9 cm³/mol. The summed E-state index contributed by atoms with van der Waals surface area (Å²) in [6.45, 7) is 0.523. The van der Waals surface area contributed by atoms with Crippen molar-refractivity contribution in [2.45, 2.75) is 6.61 Å². The van der Waals surface area contributed by atoms with Gasteiger partial charge >= 0.3 is 0 Å². The van der Waals surface area contributed by atoms with Gasteiger partial charge in [-0.15, -0.1) is 0 Å². The van der Waals surface area contributed by atoms with Gasteiger partial charge < -0.3 is 9.15 Å². The predicted octanol–water partition coefficient (Wildman–Crippen LogP) is 4.23. The van der Waals surface area contributed by atoms with Crippen molar-refractivity contribution in [3.05, 3.63) is 50.4 Å². The molecule has 4 heteroatoms. The van der Waals surface area contributed by atoms with Crippen LogP contribution in [0.25, 0.3) is 0 Å². The minimum atomic E-state index is 0.523. The first-order valence-electron chi connectivity index (χ1n) is 4.35. The fourth-order valence-electron chi connectivity index (χ4n) is 1.14. The van der Waals surface area contributed by atoms with Gasteiger partial charge in [0.25, 0.3) is 0 Å². The molecule has 0 aliphatic rings. The van der Waals surface area contributed by atoms with Gasteiger partial charge in [0.15, 0.2) is 4.67 Å². The van der Waals surface area contributed by atoms with Crippen molar-refractivity contribution in [1.29, 1.82) is 0 Å². The first kappa shape index (κ1) is 11.0. The Balaban J connectivity index is 1.99. The van der Waals surface area contributed by atoms with Crippen LogP contribution in [0.1, 0.15) is 5.56 Å². The van der Waals surface area contributed by atoms with E-state index in [1.807, 2.05) is 30.3 Å². The van der Waals surface area contributed by atoms with Crippen molar-refractivity contribution in [3.8, 4) is 5.75 Å². The van der Waals surface area contributed by atoms with Crippen molar-refractivity contribution in [1.82, 2.24) is 0 Å². The summed E-state index contributed by atoms with van der Waals surface area (Å²) in [5, 5.41) is 0. The number of halogens is 2. The second-order valence-electron chi connectivity index (χ2n) is 3.01. The fourth-order valence-corrected chi connectivity index (χ4v) is 2.05. The van der Waals surface area contributed by atoms with Crippen molar-refractivity contribution < 1.29 is 9.15 Å². The Morgan fingerprint density at radius 2 is 2.20 bits per heavy atom. The van der Waals surface area contributed by atoms with Gasteiger partial charge in [0.1, 0.15) is 12.4 Å². The average molecular weight is 379 g/mol. The molecule has 0 saturated heterocycles. The van der Waals surface area contributed by atoms with E-state index in [4.69, 9.17) is 9.15 Å². The van der Waals surface area contributed by atoms with Gasteiger partial charge in [0.05, 0.1) is 6.26 Å². The Bertz CT molecular complexity index is 453. The van der Waals surface area contributed by atoms with E-state index >= 15 is 0 Å². The third-order valence-electron chi connectivity index (χ3n) is 1.82. The normalized spacial score (nSPS) is 10.3. The molecule has 2 nitrogen and oxygen atoms in total. The van der Waals surface area contributed by atoms with Crippen LogP contribution in [0.4, 0.5) is 0 Å². The second kappa shape index (κ2) is 5.03. The minimum Gasteiger partial charge on any atom is -0.489 e. The van der Waals surface area contributed by atoms with Crippen LogP contribution in [0.5, 0.6) is 5.75 Å². The van der Waals surface area contributed by atoms with E-state index in [1.165, 1.54) is 3.57 Å². The number of ether oxygens (including phenoxy) is 1. The van der Waals surface area contributed by atoms with Crippen molar-refractivity contribution in [2.24, 2.45) is 0 Å². The van der Waals surface area contributed by atoms with Gasteiger partial charge in [-0.05, 0) is 62.8 Å². The number of furan rings is 1. The molecule has 0 aliphatic carbocycles. The maximum Gasteiger partial charge on any atom is 0.169 e. The van der Waals surface area contributed by atoms with Gasteiger partial charge in [-0.2, -0.15) is 0 Å². The van der Waals surface area contributed by atoms with Gasteiger partial charge in [-0.1, -0.05) is 6.07 Å². The Morgan fingerprint density at radius 3 is 2.87 bits per heavy atom. The van der Waals surface area contributed by atoms with Crippen LogP contribution in [-0.4, -0.2) is 0 Å². The van der Waals surface area contributed by atoms with Gasteiger partial charge in [0.2, 0.25) is 0 Å². The summed E-state index contributed by atoms with van der Waals surface area (Å²) in [4.78, 5) is 0.